The third-order valence-electron chi connectivity index (χ3n) is 3.69. The van der Waals surface area contributed by atoms with Crippen LogP contribution in [0.2, 0.25) is 5.02 Å². The average molecular weight is 288 g/mol. The summed E-state index contributed by atoms with van der Waals surface area (Å²) in [5, 5.41) is 4.22. The van der Waals surface area contributed by atoms with Crippen molar-refractivity contribution in [2.24, 2.45) is 0 Å². The lowest BCUT2D eigenvalue weighted by Gasteiger charge is -2.11. The van der Waals surface area contributed by atoms with Crippen LogP contribution in [0.3, 0.4) is 0 Å². The first-order chi connectivity index (χ1) is 9.74. The number of rotatable bonds is 4. The molecule has 3 rings (SSSR count). The van der Waals surface area contributed by atoms with Gasteiger partial charge in [0.2, 0.25) is 0 Å². The molecule has 0 bridgehead atoms. The number of fused-ring (bicyclic) bond motifs is 1. The van der Waals surface area contributed by atoms with Gasteiger partial charge in [0.25, 0.3) is 0 Å². The minimum Gasteiger partial charge on any atom is -0.493 e. The summed E-state index contributed by atoms with van der Waals surface area (Å²) in [6.45, 7) is 3.76. The molecule has 0 aliphatic carbocycles. The zero-order chi connectivity index (χ0) is 13.9. The summed E-state index contributed by atoms with van der Waals surface area (Å²) < 4.78 is 5.53. The van der Waals surface area contributed by atoms with Crippen LogP contribution in [0.4, 0.5) is 5.69 Å². The topological polar surface area (TPSA) is 21.3 Å². The summed E-state index contributed by atoms with van der Waals surface area (Å²) in [5.74, 6) is 1.05. The molecule has 1 aliphatic rings. The number of benzene rings is 2. The second kappa shape index (κ2) is 5.76. The smallest absolute Gasteiger partial charge is 0.122 e. The van der Waals surface area contributed by atoms with E-state index in [0.717, 1.165) is 42.5 Å². The Morgan fingerprint density at radius 3 is 3.00 bits per heavy atom. The molecule has 0 saturated heterocycles. The predicted molar refractivity (Wildman–Crippen MR) is 84.0 cm³/mol. The Bertz CT molecular complexity index is 604. The second-order valence-corrected chi connectivity index (χ2v) is 5.56. The van der Waals surface area contributed by atoms with E-state index < -0.39 is 0 Å². The molecule has 0 fully saturated rings. The van der Waals surface area contributed by atoms with Gasteiger partial charge in [-0.2, -0.15) is 0 Å². The van der Waals surface area contributed by atoms with Crippen molar-refractivity contribution < 1.29 is 4.74 Å². The normalized spacial score (nSPS) is 12.9. The van der Waals surface area contributed by atoms with Crippen molar-refractivity contribution in [1.82, 2.24) is 0 Å². The summed E-state index contributed by atoms with van der Waals surface area (Å²) in [5.41, 5.74) is 4.89. The minimum absolute atomic E-state index is 0.785. The largest absolute Gasteiger partial charge is 0.493 e. The first kappa shape index (κ1) is 13.3. The van der Waals surface area contributed by atoms with Crippen LogP contribution in [0.1, 0.15) is 16.7 Å². The molecular formula is C17H18ClNO. The van der Waals surface area contributed by atoms with Gasteiger partial charge in [-0.3, -0.25) is 0 Å². The number of nitrogens with one attached hydrogen (secondary N) is 1. The lowest BCUT2D eigenvalue weighted by Crippen LogP contribution is -2.06. The maximum Gasteiger partial charge on any atom is 0.122 e. The van der Waals surface area contributed by atoms with Crippen LogP contribution in [0.25, 0.3) is 0 Å². The van der Waals surface area contributed by atoms with E-state index in [2.05, 4.69) is 36.5 Å². The molecule has 1 aliphatic heterocycles. The zero-order valence-corrected chi connectivity index (χ0v) is 12.3. The number of halogens is 1. The summed E-state index contributed by atoms with van der Waals surface area (Å²) in [6.07, 6.45) is 2.01. The van der Waals surface area contributed by atoms with Gasteiger partial charge < -0.3 is 10.1 Å². The van der Waals surface area contributed by atoms with Gasteiger partial charge in [0.05, 0.1) is 17.3 Å². The summed E-state index contributed by atoms with van der Waals surface area (Å²) >= 11 is 6.21. The van der Waals surface area contributed by atoms with Gasteiger partial charge in [0, 0.05) is 13.0 Å². The molecule has 2 nitrogen and oxygen atoms in total. The highest BCUT2D eigenvalue weighted by molar-refractivity contribution is 6.33. The number of anilines is 1. The van der Waals surface area contributed by atoms with Crippen LogP contribution in [0.15, 0.2) is 36.4 Å². The van der Waals surface area contributed by atoms with Gasteiger partial charge in [-0.25, -0.2) is 0 Å². The van der Waals surface area contributed by atoms with E-state index >= 15 is 0 Å². The molecule has 20 heavy (non-hydrogen) atoms. The maximum absolute atomic E-state index is 6.21. The maximum atomic E-state index is 6.21. The summed E-state index contributed by atoms with van der Waals surface area (Å²) in [6, 6.07) is 12.4. The number of hydrogen-bond donors (Lipinski definition) is 1. The van der Waals surface area contributed by atoms with E-state index in [1.165, 1.54) is 16.7 Å². The van der Waals surface area contributed by atoms with Crippen molar-refractivity contribution in [3.05, 3.63) is 58.1 Å². The van der Waals surface area contributed by atoms with Crippen LogP contribution in [-0.4, -0.2) is 13.2 Å². The van der Waals surface area contributed by atoms with Crippen molar-refractivity contribution in [3.8, 4) is 5.75 Å². The molecule has 1 heterocycles. The molecule has 0 atom stereocenters. The third kappa shape index (κ3) is 2.75. The van der Waals surface area contributed by atoms with Gasteiger partial charge in [-0.05, 0) is 42.2 Å². The molecule has 1 N–H and O–H groups in total. The number of ether oxygens (including phenoxy) is 1. The van der Waals surface area contributed by atoms with E-state index in [0.29, 0.717) is 0 Å². The number of para-hydroxylation sites is 1. The molecule has 2 aromatic rings. The van der Waals surface area contributed by atoms with Crippen molar-refractivity contribution >= 4 is 17.3 Å². The van der Waals surface area contributed by atoms with Crippen LogP contribution >= 0.6 is 11.6 Å². The van der Waals surface area contributed by atoms with Gasteiger partial charge in [-0.1, -0.05) is 35.9 Å². The van der Waals surface area contributed by atoms with Crippen LogP contribution < -0.4 is 10.1 Å². The van der Waals surface area contributed by atoms with E-state index in [-0.39, 0.29) is 0 Å². The molecule has 0 aromatic heterocycles. The number of aryl methyl sites for hydroxylation is 1. The van der Waals surface area contributed by atoms with Gasteiger partial charge in [0.15, 0.2) is 0 Å². The van der Waals surface area contributed by atoms with Crippen LogP contribution in [0.5, 0.6) is 5.75 Å². The Morgan fingerprint density at radius 1 is 1.25 bits per heavy atom. The highest BCUT2D eigenvalue weighted by Crippen LogP contribution is 2.27. The Balaban J connectivity index is 1.63. The van der Waals surface area contributed by atoms with Gasteiger partial charge in [0.1, 0.15) is 5.75 Å². The standard InChI is InChI=1S/C17H18ClNO/c1-12-3-2-4-15(18)17(12)19-9-7-13-5-6-16-14(11-13)8-10-20-16/h2-6,11,19H,7-10H2,1H3. The Hall–Kier alpha value is -1.67. The molecule has 0 amide bonds. The zero-order valence-electron chi connectivity index (χ0n) is 11.6. The van der Waals surface area contributed by atoms with E-state index in [9.17, 15) is 0 Å². The summed E-state index contributed by atoms with van der Waals surface area (Å²) in [7, 11) is 0. The molecule has 0 radical (unpaired) electrons. The van der Waals surface area contributed by atoms with E-state index in [1.54, 1.807) is 0 Å². The monoisotopic (exact) mass is 287 g/mol. The quantitative estimate of drug-likeness (QED) is 0.908. The Morgan fingerprint density at radius 2 is 2.15 bits per heavy atom. The SMILES string of the molecule is Cc1cccc(Cl)c1NCCc1ccc2c(c1)CCO2. The minimum atomic E-state index is 0.785. The fraction of sp³-hybridized carbons (Fsp3) is 0.294. The fourth-order valence-electron chi connectivity index (χ4n) is 2.58. The third-order valence-corrected chi connectivity index (χ3v) is 4.01. The lowest BCUT2D eigenvalue weighted by atomic mass is 10.1. The summed E-state index contributed by atoms with van der Waals surface area (Å²) in [4.78, 5) is 0. The molecule has 3 heteroatoms. The molecule has 0 saturated carbocycles. The average Bonchev–Trinajstić information content (AvgIpc) is 2.89. The predicted octanol–water partition coefficient (Wildman–Crippen LogP) is 4.24. The van der Waals surface area contributed by atoms with Gasteiger partial charge in [-0.15, -0.1) is 0 Å². The molecule has 0 spiro atoms. The van der Waals surface area contributed by atoms with Gasteiger partial charge >= 0.3 is 0 Å². The molecular weight excluding hydrogens is 270 g/mol. The fourth-order valence-corrected chi connectivity index (χ4v) is 2.87. The van der Waals surface area contributed by atoms with Crippen molar-refractivity contribution in [2.45, 2.75) is 19.8 Å². The molecule has 104 valence electrons. The van der Waals surface area contributed by atoms with Crippen molar-refractivity contribution in [3.63, 3.8) is 0 Å². The first-order valence-corrected chi connectivity index (χ1v) is 7.35. The van der Waals surface area contributed by atoms with E-state index in [1.807, 2.05) is 12.1 Å². The highest BCUT2D eigenvalue weighted by atomic mass is 35.5. The van der Waals surface area contributed by atoms with Crippen LogP contribution in [-0.2, 0) is 12.8 Å². The first-order valence-electron chi connectivity index (χ1n) is 6.97. The highest BCUT2D eigenvalue weighted by Gasteiger charge is 2.11. The molecule has 2 aromatic carbocycles. The Labute approximate surface area is 124 Å². The van der Waals surface area contributed by atoms with Crippen molar-refractivity contribution in [2.75, 3.05) is 18.5 Å². The second-order valence-electron chi connectivity index (χ2n) is 5.15. The molecule has 0 unspecified atom stereocenters. The number of hydrogen-bond acceptors (Lipinski definition) is 2. The Kier molecular flexibility index (Phi) is 3.83. The lowest BCUT2D eigenvalue weighted by molar-refractivity contribution is 0.357. The van der Waals surface area contributed by atoms with Crippen molar-refractivity contribution in [1.29, 1.82) is 0 Å². The van der Waals surface area contributed by atoms with E-state index in [4.69, 9.17) is 16.3 Å². The van der Waals surface area contributed by atoms with Crippen LogP contribution in [0, 0.1) is 6.92 Å².